The van der Waals surface area contributed by atoms with Crippen molar-refractivity contribution in [3.63, 3.8) is 0 Å². The molecule has 4 unspecified atom stereocenters. The Balaban J connectivity index is 1.31. The molecular formula is C33H38N4O7. The molecule has 2 fully saturated rings. The highest BCUT2D eigenvalue weighted by Gasteiger charge is 2.64. The molecule has 11 nitrogen and oxygen atoms in total. The Morgan fingerprint density at radius 1 is 1.07 bits per heavy atom. The Labute approximate surface area is 255 Å². The van der Waals surface area contributed by atoms with Crippen LogP contribution >= 0.6 is 0 Å². The number of nitrogens with two attached hydrogens (primary N) is 1. The van der Waals surface area contributed by atoms with Crippen molar-refractivity contribution in [1.82, 2.24) is 9.80 Å². The first kappa shape index (κ1) is 29.9. The highest BCUT2D eigenvalue weighted by atomic mass is 16.3. The van der Waals surface area contributed by atoms with Crippen LogP contribution in [0, 0.1) is 11.8 Å². The minimum atomic E-state index is -2.65. The average molecular weight is 603 g/mol. The number of benzene rings is 2. The summed E-state index contributed by atoms with van der Waals surface area (Å²) in [6, 6.07) is 12.6. The van der Waals surface area contributed by atoms with E-state index in [4.69, 9.17) is 5.73 Å². The standard InChI is InChI=1S/C33H38N4O7/c1-36(2)27-21-15-18-14-20-22(35-19-10-12-37(13-11-19)16-17-6-4-3-5-7-17)8-9-23(38)25(20)28(39)24(18)30(41)33(21,44)31(42)26(29(27)40)32(34)43/h3-9,18-19,21,27,35,38-39,42,44H,10-16H2,1-2H3,(H2,34,43). The number of phenols is 1. The highest BCUT2D eigenvalue weighted by molar-refractivity contribution is 6.24. The van der Waals surface area contributed by atoms with E-state index in [1.54, 1.807) is 20.2 Å². The fraction of sp³-hybridized carbons (Fsp3) is 0.424. The Hall–Kier alpha value is -4.19. The topological polar surface area (TPSA) is 177 Å². The number of likely N-dealkylation sites (tertiary alicyclic amines) is 1. The lowest BCUT2D eigenvalue weighted by molar-refractivity contribution is -0.153. The van der Waals surface area contributed by atoms with E-state index in [0.29, 0.717) is 5.56 Å². The van der Waals surface area contributed by atoms with Crippen LogP contribution in [0.5, 0.6) is 5.75 Å². The number of aliphatic hydroxyl groups excluding tert-OH is 2. The lowest BCUT2D eigenvalue weighted by Gasteiger charge is -2.50. The molecule has 0 bridgehead atoms. The molecule has 1 amide bonds. The maximum atomic E-state index is 14.0. The Morgan fingerprint density at radius 3 is 2.39 bits per heavy atom. The monoisotopic (exact) mass is 602 g/mol. The van der Waals surface area contributed by atoms with Crippen LogP contribution in [0.3, 0.4) is 0 Å². The summed E-state index contributed by atoms with van der Waals surface area (Å²) in [6.07, 6.45) is 2.09. The number of rotatable bonds is 6. The number of anilines is 1. The summed E-state index contributed by atoms with van der Waals surface area (Å²) < 4.78 is 0. The molecule has 1 saturated heterocycles. The van der Waals surface area contributed by atoms with Gasteiger partial charge in [0.1, 0.15) is 22.8 Å². The van der Waals surface area contributed by atoms with Gasteiger partial charge in [-0.3, -0.25) is 24.2 Å². The van der Waals surface area contributed by atoms with Crippen LogP contribution in [0.25, 0.3) is 5.76 Å². The van der Waals surface area contributed by atoms with Crippen molar-refractivity contribution in [2.24, 2.45) is 17.6 Å². The number of piperidine rings is 1. The SMILES string of the molecule is CN(C)C1C(=O)C(C(N)=O)=C(O)C2(O)C(=O)C3=C(O)c4c(O)ccc(NC5CCN(Cc6ccccc6)CC5)c4CC3CC12. The Morgan fingerprint density at radius 2 is 1.75 bits per heavy atom. The number of phenolic OH excluding ortho intramolecular Hbond substituents is 1. The number of nitrogens with one attached hydrogen (secondary N) is 1. The van der Waals surface area contributed by atoms with Crippen molar-refractivity contribution in [3.8, 4) is 5.75 Å². The quantitative estimate of drug-likeness (QED) is 0.212. The summed E-state index contributed by atoms with van der Waals surface area (Å²) in [4.78, 5) is 43.4. The largest absolute Gasteiger partial charge is 0.508 e. The number of fused-ring (bicyclic) bond motifs is 3. The van der Waals surface area contributed by atoms with Gasteiger partial charge in [0.2, 0.25) is 5.78 Å². The predicted octanol–water partition coefficient (Wildman–Crippen LogP) is 2.04. The molecule has 3 aliphatic carbocycles. The van der Waals surface area contributed by atoms with Crippen molar-refractivity contribution >= 4 is 28.9 Å². The van der Waals surface area contributed by atoms with Crippen molar-refractivity contribution < 1.29 is 34.8 Å². The van der Waals surface area contributed by atoms with E-state index >= 15 is 0 Å². The predicted molar refractivity (Wildman–Crippen MR) is 163 cm³/mol. The van der Waals surface area contributed by atoms with Crippen LogP contribution in [0.2, 0.25) is 0 Å². The number of ketones is 2. The number of hydrogen-bond donors (Lipinski definition) is 6. The van der Waals surface area contributed by atoms with Gasteiger partial charge in [0.05, 0.1) is 11.6 Å². The molecule has 1 aliphatic heterocycles. The number of nitrogens with zero attached hydrogens (tertiary/aromatic N) is 2. The van der Waals surface area contributed by atoms with Gasteiger partial charge in [-0.05, 0) is 69.0 Å². The molecule has 2 aromatic rings. The molecule has 44 heavy (non-hydrogen) atoms. The Kier molecular flexibility index (Phi) is 7.51. The normalized spacial score (nSPS) is 27.7. The van der Waals surface area contributed by atoms with Crippen LogP contribution in [-0.2, 0) is 27.3 Å². The summed E-state index contributed by atoms with van der Waals surface area (Å²) >= 11 is 0. The van der Waals surface area contributed by atoms with Crippen LogP contribution < -0.4 is 11.1 Å². The average Bonchev–Trinajstić information content (AvgIpc) is 2.97. The molecule has 0 spiro atoms. The van der Waals surface area contributed by atoms with E-state index < -0.39 is 58.0 Å². The third-order valence-corrected chi connectivity index (χ3v) is 9.80. The third-order valence-electron chi connectivity index (χ3n) is 9.80. The molecule has 1 heterocycles. The lowest BCUT2D eigenvalue weighted by atomic mass is 9.57. The molecule has 4 aliphatic rings. The molecule has 232 valence electrons. The van der Waals surface area contributed by atoms with Gasteiger partial charge in [-0.25, -0.2) is 0 Å². The first-order chi connectivity index (χ1) is 20.9. The number of primary amides is 1. The number of amides is 1. The van der Waals surface area contributed by atoms with Gasteiger partial charge in [-0.15, -0.1) is 0 Å². The highest BCUT2D eigenvalue weighted by Crippen LogP contribution is 2.53. The van der Waals surface area contributed by atoms with E-state index in [1.165, 1.54) is 16.5 Å². The van der Waals surface area contributed by atoms with E-state index in [-0.39, 0.29) is 35.8 Å². The second kappa shape index (κ2) is 11.1. The van der Waals surface area contributed by atoms with Gasteiger partial charge in [-0.1, -0.05) is 30.3 Å². The minimum absolute atomic E-state index is 0.0543. The third kappa shape index (κ3) is 4.66. The van der Waals surface area contributed by atoms with Crippen molar-refractivity contribution in [1.29, 1.82) is 0 Å². The molecule has 11 heteroatoms. The molecule has 2 aromatic carbocycles. The molecular weight excluding hydrogens is 564 g/mol. The van der Waals surface area contributed by atoms with Gasteiger partial charge >= 0.3 is 0 Å². The second-order valence-electron chi connectivity index (χ2n) is 12.6. The zero-order valence-corrected chi connectivity index (χ0v) is 24.8. The molecule has 4 atom stereocenters. The van der Waals surface area contributed by atoms with Gasteiger partial charge in [-0.2, -0.15) is 0 Å². The van der Waals surface area contributed by atoms with Gasteiger partial charge < -0.3 is 31.5 Å². The first-order valence-electron chi connectivity index (χ1n) is 15.0. The minimum Gasteiger partial charge on any atom is -0.508 e. The summed E-state index contributed by atoms with van der Waals surface area (Å²) in [5.41, 5.74) is 4.50. The lowest BCUT2D eigenvalue weighted by Crippen LogP contribution is -2.65. The number of hydrogen-bond acceptors (Lipinski definition) is 10. The maximum Gasteiger partial charge on any atom is 0.255 e. The second-order valence-corrected chi connectivity index (χ2v) is 12.6. The fourth-order valence-corrected chi connectivity index (χ4v) is 7.68. The fourth-order valence-electron chi connectivity index (χ4n) is 7.68. The summed E-state index contributed by atoms with van der Waals surface area (Å²) in [5.74, 6) is -6.57. The zero-order valence-electron chi connectivity index (χ0n) is 24.8. The molecule has 6 rings (SSSR count). The van der Waals surface area contributed by atoms with Crippen LogP contribution in [0.15, 0.2) is 59.4 Å². The van der Waals surface area contributed by atoms with Gasteiger partial charge in [0.15, 0.2) is 11.4 Å². The Bertz CT molecular complexity index is 1590. The number of Topliss-reactive ketones (excluding diaryl/α,β-unsaturated/α-hetero) is 2. The van der Waals surface area contributed by atoms with E-state index in [9.17, 15) is 34.8 Å². The van der Waals surface area contributed by atoms with Crippen LogP contribution in [0.1, 0.15) is 36.0 Å². The number of carbonyl (C=O) groups excluding carboxylic acids is 3. The van der Waals surface area contributed by atoms with Crippen molar-refractivity contribution in [3.05, 3.63) is 76.1 Å². The molecule has 0 radical (unpaired) electrons. The summed E-state index contributed by atoms with van der Waals surface area (Å²) in [5, 5.41) is 48.7. The number of aliphatic hydroxyl groups is 3. The molecule has 1 saturated carbocycles. The zero-order chi connectivity index (χ0) is 31.5. The van der Waals surface area contributed by atoms with Crippen molar-refractivity contribution in [2.45, 2.75) is 49.9 Å². The van der Waals surface area contributed by atoms with E-state index in [2.05, 4.69) is 22.3 Å². The van der Waals surface area contributed by atoms with Crippen LogP contribution in [-0.4, -0.2) is 92.6 Å². The smallest absolute Gasteiger partial charge is 0.255 e. The van der Waals surface area contributed by atoms with Crippen LogP contribution in [0.4, 0.5) is 5.69 Å². The number of carbonyl (C=O) groups is 3. The number of aromatic hydroxyl groups is 1. The van der Waals surface area contributed by atoms with Crippen molar-refractivity contribution in [2.75, 3.05) is 32.5 Å². The van der Waals surface area contributed by atoms with Gasteiger partial charge in [0, 0.05) is 42.9 Å². The summed E-state index contributed by atoms with van der Waals surface area (Å²) in [7, 11) is 3.16. The first-order valence-corrected chi connectivity index (χ1v) is 15.0. The molecule has 0 aromatic heterocycles. The summed E-state index contributed by atoms with van der Waals surface area (Å²) in [6.45, 7) is 2.70. The van der Waals surface area contributed by atoms with Gasteiger partial charge in [0.25, 0.3) is 5.91 Å². The van der Waals surface area contributed by atoms with E-state index in [1.807, 2.05) is 18.2 Å². The number of likely N-dealkylation sites (N-methyl/N-ethyl adjacent to an activating group) is 1. The van der Waals surface area contributed by atoms with E-state index in [0.717, 1.165) is 38.2 Å². The maximum absolute atomic E-state index is 14.0. The molecule has 7 N–H and O–H groups in total.